The Hall–Kier alpha value is -1.02. The van der Waals surface area contributed by atoms with E-state index < -0.39 is 0 Å². The van der Waals surface area contributed by atoms with Crippen molar-refractivity contribution >= 4 is 5.69 Å². The fourth-order valence-corrected chi connectivity index (χ4v) is 3.72. The van der Waals surface area contributed by atoms with Crippen molar-refractivity contribution in [3.63, 3.8) is 0 Å². The van der Waals surface area contributed by atoms with Crippen LogP contribution in [0.4, 0.5) is 5.69 Å². The third-order valence-electron chi connectivity index (χ3n) is 4.90. The number of aryl methyl sites for hydroxylation is 1. The summed E-state index contributed by atoms with van der Waals surface area (Å²) in [7, 11) is 0. The third-order valence-corrected chi connectivity index (χ3v) is 4.90. The second-order valence-electron chi connectivity index (χ2n) is 6.58. The van der Waals surface area contributed by atoms with Crippen LogP contribution in [-0.2, 0) is 6.42 Å². The van der Waals surface area contributed by atoms with Crippen LogP contribution >= 0.6 is 0 Å². The van der Waals surface area contributed by atoms with Crippen LogP contribution in [0.1, 0.15) is 43.2 Å². The second-order valence-corrected chi connectivity index (χ2v) is 6.58. The van der Waals surface area contributed by atoms with Crippen LogP contribution in [0.25, 0.3) is 0 Å². The summed E-state index contributed by atoms with van der Waals surface area (Å²) in [6, 6.07) is 7.10. The molecule has 2 heteroatoms. The monoisotopic (exact) mass is 272 g/mol. The summed E-state index contributed by atoms with van der Waals surface area (Å²) in [6.07, 6.45) is 8.09. The second kappa shape index (κ2) is 6.62. The molecular weight excluding hydrogens is 244 g/mol. The Labute approximate surface area is 123 Å². The predicted molar refractivity (Wildman–Crippen MR) is 86.5 cm³/mol. The van der Waals surface area contributed by atoms with Gasteiger partial charge >= 0.3 is 0 Å². The average Bonchev–Trinajstić information content (AvgIpc) is 2.49. The zero-order valence-electron chi connectivity index (χ0n) is 12.8. The molecule has 0 aromatic heterocycles. The maximum absolute atomic E-state index is 3.48. The van der Waals surface area contributed by atoms with Crippen molar-refractivity contribution < 1.29 is 0 Å². The Morgan fingerprint density at radius 2 is 1.85 bits per heavy atom. The molecule has 0 unspecified atom stereocenters. The Balaban J connectivity index is 1.77. The Kier molecular flexibility index (Phi) is 4.62. The third kappa shape index (κ3) is 3.35. The van der Waals surface area contributed by atoms with E-state index in [1.165, 1.54) is 76.0 Å². The molecule has 0 radical (unpaired) electrons. The van der Waals surface area contributed by atoms with E-state index in [0.29, 0.717) is 0 Å². The molecule has 2 nitrogen and oxygen atoms in total. The lowest BCUT2D eigenvalue weighted by Gasteiger charge is -2.32. The molecule has 2 aliphatic rings. The first-order valence-corrected chi connectivity index (χ1v) is 8.38. The first kappa shape index (κ1) is 13.9. The number of rotatable bonds is 3. The van der Waals surface area contributed by atoms with Gasteiger partial charge in [0.25, 0.3) is 0 Å². The van der Waals surface area contributed by atoms with Crippen molar-refractivity contribution in [3.05, 3.63) is 29.3 Å². The fourth-order valence-electron chi connectivity index (χ4n) is 3.72. The Morgan fingerprint density at radius 1 is 1.10 bits per heavy atom. The molecule has 2 fully saturated rings. The van der Waals surface area contributed by atoms with Gasteiger partial charge in [-0.05, 0) is 76.1 Å². The molecule has 20 heavy (non-hydrogen) atoms. The van der Waals surface area contributed by atoms with Gasteiger partial charge in [0.15, 0.2) is 0 Å². The Morgan fingerprint density at radius 3 is 2.60 bits per heavy atom. The number of nitrogens with one attached hydrogen (secondary N) is 1. The molecule has 1 N–H and O–H groups in total. The van der Waals surface area contributed by atoms with Gasteiger partial charge in [0, 0.05) is 18.8 Å². The fraction of sp³-hybridized carbons (Fsp3) is 0.667. The van der Waals surface area contributed by atoms with Gasteiger partial charge in [-0.2, -0.15) is 0 Å². The van der Waals surface area contributed by atoms with Gasteiger partial charge in [-0.1, -0.05) is 17.7 Å². The molecule has 2 heterocycles. The van der Waals surface area contributed by atoms with Crippen molar-refractivity contribution in [1.82, 2.24) is 5.32 Å². The van der Waals surface area contributed by atoms with Crippen LogP contribution in [0.3, 0.4) is 0 Å². The van der Waals surface area contributed by atoms with E-state index in [4.69, 9.17) is 0 Å². The van der Waals surface area contributed by atoms with Crippen molar-refractivity contribution in [2.24, 2.45) is 5.92 Å². The van der Waals surface area contributed by atoms with Crippen molar-refractivity contribution in [2.75, 3.05) is 31.1 Å². The van der Waals surface area contributed by atoms with Crippen LogP contribution in [0, 0.1) is 12.8 Å². The number of hydrogen-bond donors (Lipinski definition) is 1. The van der Waals surface area contributed by atoms with Crippen LogP contribution in [-0.4, -0.2) is 26.2 Å². The normalized spacial score (nSPS) is 21.1. The molecule has 0 bridgehead atoms. The van der Waals surface area contributed by atoms with E-state index in [1.54, 1.807) is 5.56 Å². The maximum atomic E-state index is 3.48. The molecule has 1 aromatic carbocycles. The summed E-state index contributed by atoms with van der Waals surface area (Å²) in [6.45, 7) is 7.14. The summed E-state index contributed by atoms with van der Waals surface area (Å²) in [5.41, 5.74) is 4.53. The van der Waals surface area contributed by atoms with E-state index in [0.717, 1.165) is 5.92 Å². The Bertz CT molecular complexity index is 429. The zero-order chi connectivity index (χ0) is 13.8. The van der Waals surface area contributed by atoms with Crippen molar-refractivity contribution in [1.29, 1.82) is 0 Å². The number of anilines is 1. The summed E-state index contributed by atoms with van der Waals surface area (Å²) >= 11 is 0. The molecule has 1 aromatic rings. The first-order valence-electron chi connectivity index (χ1n) is 8.38. The maximum Gasteiger partial charge on any atom is 0.0399 e. The largest absolute Gasteiger partial charge is 0.371 e. The molecule has 0 atom stereocenters. The van der Waals surface area contributed by atoms with Crippen LogP contribution in [0.5, 0.6) is 0 Å². The van der Waals surface area contributed by atoms with Crippen molar-refractivity contribution in [2.45, 2.75) is 45.4 Å². The van der Waals surface area contributed by atoms with Crippen molar-refractivity contribution in [3.8, 4) is 0 Å². The van der Waals surface area contributed by atoms with Gasteiger partial charge in [-0.3, -0.25) is 0 Å². The standard InChI is InChI=1S/C18H28N2/c1-15-5-6-18(20-11-3-2-4-12-20)17(13-15)14-16-7-9-19-10-8-16/h5-6,13,16,19H,2-4,7-12,14H2,1H3. The summed E-state index contributed by atoms with van der Waals surface area (Å²) < 4.78 is 0. The lowest BCUT2D eigenvalue weighted by Crippen LogP contribution is -2.31. The first-order chi connectivity index (χ1) is 9.83. The number of benzene rings is 1. The van der Waals surface area contributed by atoms with Gasteiger partial charge in [-0.15, -0.1) is 0 Å². The molecule has 2 saturated heterocycles. The van der Waals surface area contributed by atoms with E-state index >= 15 is 0 Å². The van der Waals surface area contributed by atoms with Crippen LogP contribution in [0.15, 0.2) is 18.2 Å². The molecule has 0 saturated carbocycles. The molecular formula is C18H28N2. The quantitative estimate of drug-likeness (QED) is 0.905. The van der Waals surface area contributed by atoms with Gasteiger partial charge in [0.1, 0.15) is 0 Å². The highest BCUT2D eigenvalue weighted by molar-refractivity contribution is 5.55. The molecule has 3 rings (SSSR count). The highest BCUT2D eigenvalue weighted by Crippen LogP contribution is 2.29. The number of hydrogen-bond acceptors (Lipinski definition) is 2. The lowest BCUT2D eigenvalue weighted by atomic mass is 9.89. The lowest BCUT2D eigenvalue weighted by molar-refractivity contribution is 0.372. The van der Waals surface area contributed by atoms with E-state index in [-0.39, 0.29) is 0 Å². The molecule has 0 spiro atoms. The predicted octanol–water partition coefficient (Wildman–Crippen LogP) is 3.53. The average molecular weight is 272 g/mol. The summed E-state index contributed by atoms with van der Waals surface area (Å²) in [5.74, 6) is 0.876. The zero-order valence-corrected chi connectivity index (χ0v) is 12.8. The molecule has 0 amide bonds. The van der Waals surface area contributed by atoms with Gasteiger partial charge in [0.05, 0.1) is 0 Å². The topological polar surface area (TPSA) is 15.3 Å². The minimum Gasteiger partial charge on any atom is -0.371 e. The smallest absolute Gasteiger partial charge is 0.0399 e. The number of piperidine rings is 2. The van der Waals surface area contributed by atoms with E-state index in [2.05, 4.69) is 35.3 Å². The van der Waals surface area contributed by atoms with E-state index in [9.17, 15) is 0 Å². The molecule has 2 aliphatic heterocycles. The van der Waals surface area contributed by atoms with E-state index in [1.807, 2.05) is 0 Å². The highest BCUT2D eigenvalue weighted by Gasteiger charge is 2.19. The SMILES string of the molecule is Cc1ccc(N2CCCCC2)c(CC2CCNCC2)c1. The van der Waals surface area contributed by atoms with Crippen LogP contribution in [0.2, 0.25) is 0 Å². The van der Waals surface area contributed by atoms with Gasteiger partial charge in [0.2, 0.25) is 0 Å². The molecule has 110 valence electrons. The molecule has 0 aliphatic carbocycles. The highest BCUT2D eigenvalue weighted by atomic mass is 15.1. The summed E-state index contributed by atoms with van der Waals surface area (Å²) in [4.78, 5) is 2.62. The minimum absolute atomic E-state index is 0.876. The number of nitrogens with zero attached hydrogens (tertiary/aromatic N) is 1. The van der Waals surface area contributed by atoms with Crippen LogP contribution < -0.4 is 10.2 Å². The minimum atomic E-state index is 0.876. The van der Waals surface area contributed by atoms with Gasteiger partial charge < -0.3 is 10.2 Å². The van der Waals surface area contributed by atoms with Gasteiger partial charge in [-0.25, -0.2) is 0 Å². The summed E-state index contributed by atoms with van der Waals surface area (Å²) in [5, 5.41) is 3.48.